The minimum Gasteiger partial charge on any atom is -0.369 e. The molecule has 1 unspecified atom stereocenters. The summed E-state index contributed by atoms with van der Waals surface area (Å²) in [6.07, 6.45) is 3.08. The van der Waals surface area contributed by atoms with Crippen LogP contribution in [0.2, 0.25) is 0 Å². The zero-order valence-electron chi connectivity index (χ0n) is 11.9. The molecule has 0 saturated carbocycles. The normalized spacial score (nSPS) is 19.0. The Morgan fingerprint density at radius 3 is 2.29 bits per heavy atom. The van der Waals surface area contributed by atoms with Crippen LogP contribution in [-0.2, 0) is 9.59 Å². The first-order valence-electron chi connectivity index (χ1n) is 6.73. The molecule has 0 bridgehead atoms. The average molecular weight is 290 g/mol. The Morgan fingerprint density at radius 1 is 1.14 bits per heavy atom. The Bertz CT molecular complexity index is 546. The number of amides is 3. The van der Waals surface area contributed by atoms with Crippen LogP contribution in [0.4, 0.5) is 0 Å². The van der Waals surface area contributed by atoms with Gasteiger partial charge < -0.3 is 15.5 Å². The Hall–Kier alpha value is -2.44. The molecular weight excluding hydrogens is 272 g/mol. The van der Waals surface area contributed by atoms with Crippen LogP contribution in [0.15, 0.2) is 24.5 Å². The van der Waals surface area contributed by atoms with Crippen LogP contribution < -0.4 is 5.73 Å². The first-order chi connectivity index (χ1) is 9.99. The predicted octanol–water partition coefficient (Wildman–Crippen LogP) is -0.513. The van der Waals surface area contributed by atoms with Crippen LogP contribution in [0.5, 0.6) is 0 Å². The van der Waals surface area contributed by atoms with Crippen LogP contribution in [0.25, 0.3) is 0 Å². The highest BCUT2D eigenvalue weighted by Crippen LogP contribution is 2.13. The lowest BCUT2D eigenvalue weighted by Crippen LogP contribution is -2.40. The van der Waals surface area contributed by atoms with Gasteiger partial charge in [-0.05, 0) is 12.1 Å². The number of hydrogen-bond donors (Lipinski definition) is 1. The van der Waals surface area contributed by atoms with Crippen molar-refractivity contribution < 1.29 is 14.4 Å². The van der Waals surface area contributed by atoms with Crippen molar-refractivity contribution in [3.05, 3.63) is 30.1 Å². The SMILES string of the molecule is CC(=O)N1CCN(C(=O)c2ccncc2)CC(C(N)=O)C1. The predicted molar refractivity (Wildman–Crippen MR) is 75.1 cm³/mol. The number of aromatic nitrogens is 1. The summed E-state index contributed by atoms with van der Waals surface area (Å²) < 4.78 is 0. The van der Waals surface area contributed by atoms with Crippen LogP contribution in [0.1, 0.15) is 17.3 Å². The van der Waals surface area contributed by atoms with E-state index in [2.05, 4.69) is 4.98 Å². The number of carbonyl (C=O) groups is 3. The number of rotatable bonds is 2. The number of primary amides is 1. The van der Waals surface area contributed by atoms with Gasteiger partial charge in [-0.25, -0.2) is 0 Å². The van der Waals surface area contributed by atoms with E-state index >= 15 is 0 Å². The van der Waals surface area contributed by atoms with Gasteiger partial charge in [0.25, 0.3) is 5.91 Å². The molecule has 1 aliphatic heterocycles. The lowest BCUT2D eigenvalue weighted by atomic mass is 10.1. The molecule has 1 atom stereocenters. The van der Waals surface area contributed by atoms with Crippen molar-refractivity contribution in [2.24, 2.45) is 11.7 Å². The molecule has 1 aliphatic rings. The number of nitrogens with zero attached hydrogens (tertiary/aromatic N) is 3. The molecule has 0 aliphatic carbocycles. The van der Waals surface area contributed by atoms with E-state index in [9.17, 15) is 14.4 Å². The number of hydrogen-bond acceptors (Lipinski definition) is 4. The highest BCUT2D eigenvalue weighted by molar-refractivity contribution is 5.94. The average Bonchev–Trinajstić information content (AvgIpc) is 2.70. The molecule has 1 saturated heterocycles. The van der Waals surface area contributed by atoms with E-state index < -0.39 is 11.8 Å². The molecule has 112 valence electrons. The van der Waals surface area contributed by atoms with Crippen molar-refractivity contribution >= 4 is 17.7 Å². The van der Waals surface area contributed by atoms with Gasteiger partial charge in [0.1, 0.15) is 0 Å². The maximum absolute atomic E-state index is 12.4. The van der Waals surface area contributed by atoms with Crippen LogP contribution >= 0.6 is 0 Å². The summed E-state index contributed by atoms with van der Waals surface area (Å²) in [6, 6.07) is 3.24. The fourth-order valence-corrected chi connectivity index (χ4v) is 2.34. The van der Waals surface area contributed by atoms with E-state index in [0.717, 1.165) is 0 Å². The van der Waals surface area contributed by atoms with Crippen molar-refractivity contribution in [2.75, 3.05) is 26.2 Å². The second-order valence-corrected chi connectivity index (χ2v) is 5.05. The summed E-state index contributed by atoms with van der Waals surface area (Å²) in [5.41, 5.74) is 5.88. The smallest absolute Gasteiger partial charge is 0.254 e. The van der Waals surface area contributed by atoms with Gasteiger partial charge in [0.2, 0.25) is 11.8 Å². The van der Waals surface area contributed by atoms with Crippen LogP contribution in [-0.4, -0.2) is 58.7 Å². The van der Waals surface area contributed by atoms with E-state index in [1.54, 1.807) is 34.3 Å². The summed E-state index contributed by atoms with van der Waals surface area (Å²) in [5, 5.41) is 0. The van der Waals surface area contributed by atoms with E-state index in [0.29, 0.717) is 18.7 Å². The van der Waals surface area contributed by atoms with Crippen molar-refractivity contribution in [3.8, 4) is 0 Å². The molecule has 3 amide bonds. The number of pyridine rings is 1. The Morgan fingerprint density at radius 2 is 1.71 bits per heavy atom. The van der Waals surface area contributed by atoms with Gasteiger partial charge in [-0.3, -0.25) is 19.4 Å². The van der Waals surface area contributed by atoms with Gasteiger partial charge in [-0.2, -0.15) is 0 Å². The topological polar surface area (TPSA) is 96.6 Å². The van der Waals surface area contributed by atoms with E-state index in [4.69, 9.17) is 5.73 Å². The third-order valence-corrected chi connectivity index (χ3v) is 3.58. The molecule has 7 heteroatoms. The second kappa shape index (κ2) is 6.34. The van der Waals surface area contributed by atoms with Gasteiger partial charge in [0, 0.05) is 51.1 Å². The minimum atomic E-state index is -0.554. The van der Waals surface area contributed by atoms with Gasteiger partial charge in [0.05, 0.1) is 5.92 Å². The molecule has 2 heterocycles. The maximum atomic E-state index is 12.4. The minimum absolute atomic E-state index is 0.125. The molecular formula is C14H18N4O3. The van der Waals surface area contributed by atoms with Gasteiger partial charge in [-0.15, -0.1) is 0 Å². The quantitative estimate of drug-likeness (QED) is 0.793. The molecule has 21 heavy (non-hydrogen) atoms. The number of nitrogens with two attached hydrogens (primary N) is 1. The van der Waals surface area contributed by atoms with E-state index in [-0.39, 0.29) is 24.9 Å². The third kappa shape index (κ3) is 3.56. The molecule has 2 rings (SSSR count). The summed E-state index contributed by atoms with van der Waals surface area (Å²) in [7, 11) is 0. The monoisotopic (exact) mass is 290 g/mol. The fraction of sp³-hybridized carbons (Fsp3) is 0.429. The first-order valence-corrected chi connectivity index (χ1v) is 6.73. The summed E-state index contributed by atoms with van der Waals surface area (Å²) >= 11 is 0. The van der Waals surface area contributed by atoms with Crippen molar-refractivity contribution in [2.45, 2.75) is 6.92 Å². The highest BCUT2D eigenvalue weighted by Gasteiger charge is 2.30. The van der Waals surface area contributed by atoms with Crippen molar-refractivity contribution in [3.63, 3.8) is 0 Å². The molecule has 0 spiro atoms. The van der Waals surface area contributed by atoms with Crippen LogP contribution in [0, 0.1) is 5.92 Å². The van der Waals surface area contributed by atoms with Crippen LogP contribution in [0.3, 0.4) is 0 Å². The lowest BCUT2D eigenvalue weighted by Gasteiger charge is -2.22. The van der Waals surface area contributed by atoms with Gasteiger partial charge in [-0.1, -0.05) is 0 Å². The summed E-state index contributed by atoms with van der Waals surface area (Å²) in [4.78, 5) is 42.5. The molecule has 0 radical (unpaired) electrons. The Balaban J connectivity index is 2.18. The Kier molecular flexibility index (Phi) is 4.52. The van der Waals surface area contributed by atoms with Crippen molar-refractivity contribution in [1.29, 1.82) is 0 Å². The molecule has 1 aromatic heterocycles. The second-order valence-electron chi connectivity index (χ2n) is 5.05. The summed E-state index contributed by atoms with van der Waals surface area (Å²) in [5.74, 6) is -1.37. The summed E-state index contributed by atoms with van der Waals surface area (Å²) in [6.45, 7) is 2.70. The molecule has 0 aromatic carbocycles. The molecule has 1 aromatic rings. The van der Waals surface area contributed by atoms with Gasteiger partial charge >= 0.3 is 0 Å². The molecule has 1 fully saturated rings. The Labute approximate surface area is 122 Å². The standard InChI is InChI=1S/C14H18N4O3/c1-10(19)17-6-7-18(9-12(8-17)13(15)20)14(21)11-2-4-16-5-3-11/h2-5,12H,6-9H2,1H3,(H2,15,20). The van der Waals surface area contributed by atoms with Gasteiger partial charge in [0.15, 0.2) is 0 Å². The fourth-order valence-electron chi connectivity index (χ4n) is 2.34. The maximum Gasteiger partial charge on any atom is 0.254 e. The van der Waals surface area contributed by atoms with Crippen molar-refractivity contribution in [1.82, 2.24) is 14.8 Å². The third-order valence-electron chi connectivity index (χ3n) is 3.58. The highest BCUT2D eigenvalue weighted by atomic mass is 16.2. The first kappa shape index (κ1) is 15.0. The van der Waals surface area contributed by atoms with E-state index in [1.165, 1.54) is 6.92 Å². The van der Waals surface area contributed by atoms with E-state index in [1.807, 2.05) is 0 Å². The zero-order valence-corrected chi connectivity index (χ0v) is 11.9. The largest absolute Gasteiger partial charge is 0.369 e. The zero-order chi connectivity index (χ0) is 15.4. The molecule has 2 N–H and O–H groups in total. The number of carbonyl (C=O) groups excluding carboxylic acids is 3. The lowest BCUT2D eigenvalue weighted by molar-refractivity contribution is -0.130. The molecule has 7 nitrogen and oxygen atoms in total.